The Hall–Kier alpha value is -0.820. The molecule has 0 unspecified atom stereocenters. The molecule has 0 saturated heterocycles. The Bertz CT molecular complexity index is 349. The smallest absolute Gasteiger partial charge is 0.339 e. The number of nitrogens with two attached hydrogens (primary N) is 1. The van der Waals surface area contributed by atoms with Gasteiger partial charge in [0.25, 0.3) is 5.82 Å². The fraction of sp³-hybridized carbons (Fsp3) is 0.750. The van der Waals surface area contributed by atoms with Crippen LogP contribution < -0.4 is 5.73 Å². The van der Waals surface area contributed by atoms with Gasteiger partial charge in [-0.2, -0.15) is 18.2 Å². The molecule has 1 fully saturated rings. The predicted octanol–water partition coefficient (Wildman–Crippen LogP) is 1.79. The van der Waals surface area contributed by atoms with Crippen molar-refractivity contribution >= 4 is 12.4 Å². The van der Waals surface area contributed by atoms with Gasteiger partial charge in [0.05, 0.1) is 0 Å². The Morgan fingerprint density at radius 3 is 2.44 bits per heavy atom. The molecule has 8 heteroatoms. The highest BCUT2D eigenvalue weighted by Gasteiger charge is 2.37. The fourth-order valence-corrected chi connectivity index (χ4v) is 1.65. The molecular formula is C8H11ClF3N3O. The van der Waals surface area contributed by atoms with Crippen molar-refractivity contribution in [3.63, 3.8) is 0 Å². The van der Waals surface area contributed by atoms with Crippen molar-refractivity contribution in [2.45, 2.75) is 31.5 Å². The Morgan fingerprint density at radius 2 is 2.00 bits per heavy atom. The number of halogens is 4. The van der Waals surface area contributed by atoms with E-state index in [-0.39, 0.29) is 30.3 Å². The van der Waals surface area contributed by atoms with Gasteiger partial charge in [0.2, 0.25) is 5.89 Å². The predicted molar refractivity (Wildman–Crippen MR) is 51.0 cm³/mol. The molecule has 0 bridgehead atoms. The van der Waals surface area contributed by atoms with Gasteiger partial charge in [0.15, 0.2) is 0 Å². The third-order valence-electron chi connectivity index (χ3n) is 2.46. The number of hydrogen-bond donors (Lipinski definition) is 1. The van der Waals surface area contributed by atoms with E-state index in [0.29, 0.717) is 6.42 Å². The first-order chi connectivity index (χ1) is 6.95. The van der Waals surface area contributed by atoms with E-state index in [9.17, 15) is 13.2 Å². The summed E-state index contributed by atoms with van der Waals surface area (Å²) in [5.41, 5.74) is 5.55. The SMILES string of the molecule is Cl.NC1CC(Cc2nc(C(F)(F)F)no2)C1. The van der Waals surface area contributed by atoms with Crippen molar-refractivity contribution in [2.24, 2.45) is 11.7 Å². The number of hydrogen-bond acceptors (Lipinski definition) is 4. The quantitative estimate of drug-likeness (QED) is 0.877. The topological polar surface area (TPSA) is 64.9 Å². The highest BCUT2D eigenvalue weighted by Crippen LogP contribution is 2.30. The first-order valence-corrected chi connectivity index (χ1v) is 4.60. The first kappa shape index (κ1) is 13.2. The molecular weight excluding hydrogens is 247 g/mol. The Morgan fingerprint density at radius 1 is 1.38 bits per heavy atom. The zero-order valence-corrected chi connectivity index (χ0v) is 9.01. The average Bonchev–Trinajstić information content (AvgIpc) is 2.49. The highest BCUT2D eigenvalue weighted by atomic mass is 35.5. The van der Waals surface area contributed by atoms with Crippen LogP contribution in [0.1, 0.15) is 24.6 Å². The summed E-state index contributed by atoms with van der Waals surface area (Å²) in [4.78, 5) is 3.28. The number of rotatable bonds is 2. The maximum Gasteiger partial charge on any atom is 0.455 e. The molecule has 2 rings (SSSR count). The van der Waals surface area contributed by atoms with Gasteiger partial charge in [0, 0.05) is 12.5 Å². The monoisotopic (exact) mass is 257 g/mol. The molecule has 1 heterocycles. The molecule has 0 atom stereocenters. The van der Waals surface area contributed by atoms with E-state index in [1.54, 1.807) is 0 Å². The van der Waals surface area contributed by atoms with Crippen LogP contribution in [0, 0.1) is 5.92 Å². The Labute approximate surface area is 95.8 Å². The van der Waals surface area contributed by atoms with E-state index >= 15 is 0 Å². The molecule has 0 spiro atoms. The van der Waals surface area contributed by atoms with E-state index < -0.39 is 12.0 Å². The van der Waals surface area contributed by atoms with Crippen LogP contribution in [-0.4, -0.2) is 16.2 Å². The summed E-state index contributed by atoms with van der Waals surface area (Å²) in [6.45, 7) is 0. The Balaban J connectivity index is 0.00000128. The van der Waals surface area contributed by atoms with Crippen LogP contribution in [0.15, 0.2) is 4.52 Å². The van der Waals surface area contributed by atoms with Gasteiger partial charge < -0.3 is 10.3 Å². The van der Waals surface area contributed by atoms with Crippen LogP contribution in [-0.2, 0) is 12.6 Å². The van der Waals surface area contributed by atoms with Crippen LogP contribution in [0.25, 0.3) is 0 Å². The van der Waals surface area contributed by atoms with Crippen molar-refractivity contribution in [3.8, 4) is 0 Å². The van der Waals surface area contributed by atoms with Gasteiger partial charge in [-0.3, -0.25) is 0 Å². The standard InChI is InChI=1S/C8H10F3N3O.ClH/c9-8(10,11)7-13-6(15-14-7)3-4-1-5(12)2-4;/h4-5H,1-3,12H2;1H. The molecule has 1 saturated carbocycles. The van der Waals surface area contributed by atoms with Crippen LogP contribution in [0.5, 0.6) is 0 Å². The second-order valence-corrected chi connectivity index (χ2v) is 3.81. The second kappa shape index (κ2) is 4.58. The minimum Gasteiger partial charge on any atom is -0.339 e. The van der Waals surface area contributed by atoms with Gasteiger partial charge in [-0.15, -0.1) is 12.4 Å². The molecule has 0 aliphatic heterocycles. The minimum atomic E-state index is -4.53. The first-order valence-electron chi connectivity index (χ1n) is 4.60. The third kappa shape index (κ3) is 2.85. The lowest BCUT2D eigenvalue weighted by Crippen LogP contribution is -2.37. The van der Waals surface area contributed by atoms with E-state index in [4.69, 9.17) is 5.73 Å². The molecule has 1 aromatic heterocycles. The zero-order chi connectivity index (χ0) is 11.1. The maximum absolute atomic E-state index is 12.1. The largest absolute Gasteiger partial charge is 0.455 e. The molecule has 0 amide bonds. The van der Waals surface area contributed by atoms with E-state index in [1.807, 2.05) is 0 Å². The summed E-state index contributed by atoms with van der Waals surface area (Å²) in [6.07, 6.45) is -2.53. The van der Waals surface area contributed by atoms with Gasteiger partial charge >= 0.3 is 6.18 Å². The lowest BCUT2D eigenvalue weighted by Gasteiger charge is -2.31. The van der Waals surface area contributed by atoms with Crippen LogP contribution in [0.4, 0.5) is 13.2 Å². The van der Waals surface area contributed by atoms with Gasteiger partial charge in [0.1, 0.15) is 0 Å². The molecule has 16 heavy (non-hydrogen) atoms. The van der Waals surface area contributed by atoms with Crippen molar-refractivity contribution in [3.05, 3.63) is 11.7 Å². The van der Waals surface area contributed by atoms with E-state index in [0.717, 1.165) is 12.8 Å². The van der Waals surface area contributed by atoms with Crippen molar-refractivity contribution in [2.75, 3.05) is 0 Å². The molecule has 0 radical (unpaired) electrons. The van der Waals surface area contributed by atoms with Crippen LogP contribution in [0.3, 0.4) is 0 Å². The van der Waals surface area contributed by atoms with Gasteiger partial charge in [-0.05, 0) is 18.8 Å². The molecule has 4 nitrogen and oxygen atoms in total. The number of nitrogens with zero attached hydrogens (tertiary/aromatic N) is 2. The van der Waals surface area contributed by atoms with Crippen molar-refractivity contribution in [1.82, 2.24) is 10.1 Å². The second-order valence-electron chi connectivity index (χ2n) is 3.81. The molecule has 1 aliphatic rings. The summed E-state index contributed by atoms with van der Waals surface area (Å²) >= 11 is 0. The Kier molecular flexibility index (Phi) is 3.80. The highest BCUT2D eigenvalue weighted by molar-refractivity contribution is 5.85. The molecule has 0 aromatic carbocycles. The summed E-state index contributed by atoms with van der Waals surface area (Å²) in [6, 6.07) is 0.167. The average molecular weight is 258 g/mol. The molecule has 1 aliphatic carbocycles. The number of aromatic nitrogens is 2. The molecule has 1 aromatic rings. The molecule has 2 N–H and O–H groups in total. The van der Waals surface area contributed by atoms with E-state index in [1.165, 1.54) is 0 Å². The maximum atomic E-state index is 12.1. The summed E-state index contributed by atoms with van der Waals surface area (Å²) in [5.74, 6) is -0.887. The number of alkyl halides is 3. The lowest BCUT2D eigenvalue weighted by atomic mass is 9.79. The summed E-state index contributed by atoms with van der Waals surface area (Å²) < 4.78 is 40.8. The molecule has 92 valence electrons. The van der Waals surface area contributed by atoms with Crippen LogP contribution in [0.2, 0.25) is 0 Å². The normalized spacial score (nSPS) is 24.8. The van der Waals surface area contributed by atoms with E-state index in [2.05, 4.69) is 14.7 Å². The van der Waals surface area contributed by atoms with Crippen molar-refractivity contribution < 1.29 is 17.7 Å². The summed E-state index contributed by atoms with van der Waals surface area (Å²) in [7, 11) is 0. The zero-order valence-electron chi connectivity index (χ0n) is 8.20. The van der Waals surface area contributed by atoms with Gasteiger partial charge in [-0.25, -0.2) is 0 Å². The van der Waals surface area contributed by atoms with Crippen LogP contribution >= 0.6 is 12.4 Å². The third-order valence-corrected chi connectivity index (χ3v) is 2.46. The van der Waals surface area contributed by atoms with Crippen molar-refractivity contribution in [1.29, 1.82) is 0 Å². The fourth-order valence-electron chi connectivity index (χ4n) is 1.65. The van der Waals surface area contributed by atoms with Gasteiger partial charge in [-0.1, -0.05) is 5.16 Å². The minimum absolute atomic E-state index is 0. The summed E-state index contributed by atoms with van der Waals surface area (Å²) in [5, 5.41) is 2.88. The lowest BCUT2D eigenvalue weighted by molar-refractivity contribution is -0.146.